The van der Waals surface area contributed by atoms with Crippen LogP contribution in [0.15, 0.2) is 146 Å². The maximum Gasteiger partial charge on any atom is 1.00 e. The van der Waals surface area contributed by atoms with Crippen LogP contribution in [0.25, 0.3) is 55.2 Å². The Morgan fingerprint density at radius 1 is 0.616 bits per heavy atom. The number of hydrogen-bond donors (Lipinski definition) is 7. The number of hydrogen-bond acceptors (Lipinski definition) is 13. The minimum Gasteiger partial charge on any atom is -1.00 e. The molecular weight excluding hydrogens is 1390 g/mol. The molecule has 18 nitrogen and oxygen atoms in total. The van der Waals surface area contributed by atoms with Crippen molar-refractivity contribution < 1.29 is 71.8 Å². The van der Waals surface area contributed by atoms with E-state index in [1.807, 2.05) is 185 Å². The van der Waals surface area contributed by atoms with E-state index in [1.165, 1.54) is 19.3 Å². The molecule has 482 valence electrons. The molecule has 27 heteroatoms. The van der Waals surface area contributed by atoms with E-state index in [-0.39, 0.29) is 89.2 Å². The molecule has 0 unspecified atom stereocenters. The number of nitrogens with one attached hydrogen (secondary N) is 3. The van der Waals surface area contributed by atoms with Crippen molar-refractivity contribution >= 4 is 168 Å². The molecular formula is C59H110AlBBr4ClLiN15NaO3. The average molecular weight is 1500 g/mol. The maximum absolute atomic E-state index is 8.81. The second-order valence-electron chi connectivity index (χ2n) is 13.7. The molecule has 0 atom stereocenters. The molecule has 86 heavy (non-hydrogen) atoms. The van der Waals surface area contributed by atoms with Gasteiger partial charge >= 0.3 is 55.5 Å². The SMILES string of the molecule is Brc1cnc2cc[nH]c2c1.C.C.C/C=N/n1ccc2ncc(Br)cc21.CB(O)O.CC.CC.CC.CC.CC.CC.CC=O.CCNn1ccc2ncc(Br)cc21.CCNn1ccc2ncc(C)cc21.NCl.Nn1ccc2ncc(Br)cc21.[2HH].[2HH].[2HH].[2HH].[AlH3].[H-].[H-].[Li+].[Na+]. The molecule has 10 aromatic rings. The third-order valence-electron chi connectivity index (χ3n) is 8.46. The third-order valence-corrected chi connectivity index (χ3v) is 10.2. The second-order valence-corrected chi connectivity index (χ2v) is 17.3. The van der Waals surface area contributed by atoms with Gasteiger partial charge in [0.1, 0.15) is 6.29 Å². The molecule has 9 N–H and O–H groups in total. The number of nitrogens with zero attached hydrogens (tertiary/aromatic N) is 10. The molecule has 0 saturated carbocycles. The molecule has 0 aromatic carbocycles. The normalized spacial score (nSPS) is 8.49. The van der Waals surface area contributed by atoms with Crippen molar-refractivity contribution in [3.63, 3.8) is 0 Å². The van der Waals surface area contributed by atoms with Gasteiger partial charge in [-0.15, -0.1) is 0 Å². The number of aryl methyl sites for hydroxylation is 1. The number of rotatable bonds is 5. The second kappa shape index (κ2) is 65.9. The molecule has 0 spiro atoms. The summed E-state index contributed by atoms with van der Waals surface area (Å²) in [7, 11) is -1.17. The van der Waals surface area contributed by atoms with E-state index in [1.54, 1.807) is 46.6 Å². The largest absolute Gasteiger partial charge is 1.00 e. The van der Waals surface area contributed by atoms with Crippen LogP contribution in [0.1, 0.15) is 140 Å². The molecule has 0 aliphatic heterocycles. The number of nitrogens with two attached hydrogens (primary N) is 2. The monoisotopic (exact) mass is 1500 g/mol. The van der Waals surface area contributed by atoms with Crippen LogP contribution in [0.4, 0.5) is 0 Å². The van der Waals surface area contributed by atoms with E-state index in [9.17, 15) is 0 Å². The predicted molar refractivity (Wildman–Crippen MR) is 400 cm³/mol. The number of H-pyrrole nitrogens is 1. The van der Waals surface area contributed by atoms with Crippen LogP contribution in [0.2, 0.25) is 6.82 Å². The Morgan fingerprint density at radius 2 is 0.942 bits per heavy atom. The fourth-order valence-electron chi connectivity index (χ4n) is 5.83. The Kier molecular flexibility index (Phi) is 77.7. The van der Waals surface area contributed by atoms with E-state index in [4.69, 9.17) is 20.7 Å². The van der Waals surface area contributed by atoms with Crippen molar-refractivity contribution in [2.24, 2.45) is 10.4 Å². The van der Waals surface area contributed by atoms with Gasteiger partial charge in [0.05, 0.1) is 55.2 Å². The van der Waals surface area contributed by atoms with E-state index < -0.39 is 7.12 Å². The predicted octanol–water partition coefficient (Wildman–Crippen LogP) is 11.6. The smallest absolute Gasteiger partial charge is 1.00 e. The van der Waals surface area contributed by atoms with Crippen LogP contribution in [-0.2, 0) is 4.79 Å². The number of fused-ring (bicyclic) bond motifs is 5. The zero-order valence-corrected chi connectivity index (χ0v) is 61.6. The van der Waals surface area contributed by atoms with Crippen LogP contribution < -0.4 is 70.4 Å². The Labute approximate surface area is 607 Å². The van der Waals surface area contributed by atoms with Crippen LogP contribution in [0, 0.1) is 6.92 Å². The van der Waals surface area contributed by atoms with E-state index >= 15 is 0 Å². The van der Waals surface area contributed by atoms with Gasteiger partial charge in [0.15, 0.2) is 17.4 Å². The summed E-state index contributed by atoms with van der Waals surface area (Å²) in [5.41, 5.74) is 17.8. The average Bonchev–Trinajstić information content (AvgIpc) is 4.57. The van der Waals surface area contributed by atoms with Gasteiger partial charge in [-0.25, -0.2) is 9.93 Å². The Bertz CT molecular complexity index is 3100. The number of carbonyl (C=O) groups is 1. The van der Waals surface area contributed by atoms with Crippen LogP contribution in [0.5, 0.6) is 0 Å². The first-order valence-corrected chi connectivity index (χ1v) is 30.4. The van der Waals surface area contributed by atoms with Crippen molar-refractivity contribution in [1.29, 1.82) is 0 Å². The Morgan fingerprint density at radius 3 is 1.36 bits per heavy atom. The summed E-state index contributed by atoms with van der Waals surface area (Å²) < 4.78 is 11.2. The first-order valence-electron chi connectivity index (χ1n) is 26.8. The summed E-state index contributed by atoms with van der Waals surface area (Å²) in [4.78, 5) is 33.0. The summed E-state index contributed by atoms with van der Waals surface area (Å²) in [5, 5.41) is 23.4. The van der Waals surface area contributed by atoms with Crippen molar-refractivity contribution in [1.82, 2.24) is 48.6 Å². The molecule has 0 fully saturated rings. The van der Waals surface area contributed by atoms with Gasteiger partial charge in [-0.05, 0) is 183 Å². The summed E-state index contributed by atoms with van der Waals surface area (Å²) in [6.45, 7) is 36.6. The molecule has 0 aliphatic rings. The minimum absolute atomic E-state index is 0. The molecule has 10 heterocycles. The minimum atomic E-state index is -1.17. The molecule has 0 aliphatic carbocycles. The summed E-state index contributed by atoms with van der Waals surface area (Å²) >= 11 is 17.6. The van der Waals surface area contributed by atoms with Gasteiger partial charge in [0.25, 0.3) is 0 Å². The van der Waals surface area contributed by atoms with Gasteiger partial charge in [-0.1, -0.05) is 97.9 Å². The zero-order valence-electron chi connectivity index (χ0n) is 54.5. The van der Waals surface area contributed by atoms with E-state index in [0.717, 1.165) is 92.4 Å². The number of pyridine rings is 5. The summed E-state index contributed by atoms with van der Waals surface area (Å²) in [6, 6.07) is 19.9. The van der Waals surface area contributed by atoms with Gasteiger partial charge in [0.2, 0.25) is 0 Å². The number of halogens is 5. The van der Waals surface area contributed by atoms with Crippen molar-refractivity contribution in [3.8, 4) is 0 Å². The number of aromatic amines is 1. The van der Waals surface area contributed by atoms with Gasteiger partial charge in [0, 0.05) is 105 Å². The van der Waals surface area contributed by atoms with Crippen molar-refractivity contribution in [2.75, 3.05) is 29.8 Å². The number of aromatic nitrogens is 10. The molecule has 10 aromatic heterocycles. The first-order chi connectivity index (χ1) is 39.2. The zero-order chi connectivity index (χ0) is 62.9. The molecule has 0 bridgehead atoms. The fourth-order valence-corrected chi connectivity index (χ4v) is 7.11. The quantitative estimate of drug-likeness (QED) is 0.0280. The number of nitrogen functional groups attached to an aromatic ring is 1. The van der Waals surface area contributed by atoms with Gasteiger partial charge < -0.3 is 39.4 Å². The van der Waals surface area contributed by atoms with E-state index in [2.05, 4.69) is 153 Å². The van der Waals surface area contributed by atoms with Gasteiger partial charge in [-0.3, -0.25) is 38.9 Å². The summed E-state index contributed by atoms with van der Waals surface area (Å²) in [5.74, 6) is 5.60. The van der Waals surface area contributed by atoms with Crippen molar-refractivity contribution in [3.05, 3.63) is 146 Å². The summed E-state index contributed by atoms with van der Waals surface area (Å²) in [6.07, 6.45) is 21.0. The molecule has 0 amide bonds. The standard InChI is InChI=1S/C10H13N3.C9H10BrN3.C9H8BrN3.C7H6BrN3.C7H5BrN2.C2H4O.6C2H6.CH5BO2.2CH4.Al.ClH2N.Li.Na.4H2.5H/c1-3-12-13-5-4-9-10(13)6-8(2)7-11-9;2*1-2-12-13-4-3-8-9(13)5-7(10)6-11-8;8-5-3-7-6(10-4-5)1-2-11(7)9;8-5-3-7-6(10-4-5)1-2-9-7;1-2-3;6*1-2;1-2(3)4;;;;1-2;;;;;;;;;;;/h4-7,12H,3H2,1-2H3;3-6,12H,2H2,1H3;2-6H,1H3;1-4H,9H2;1-4,9H;2H,1H3;6*1-2H3;3-4H,1H3;2*1H4;;2H2;;;4*1H;;;;;/q;;;;;;;;;;;;;;;;;2*+1;;;;;;;;2*-1/b;;12-2+;;;;;;;;;;;;;;;;;;;;;;;;;/i;;;;;;;;;;;;;;;;;;;4*1+1;;;;;. The molecule has 0 saturated heterocycles. The number of aldehydes is 1. The fraction of sp³-hybridized carbons (Fsp3) is 0.373. The first kappa shape index (κ1) is 101. The van der Waals surface area contributed by atoms with Gasteiger partial charge in [-0.2, -0.15) is 5.10 Å². The molecule has 10 rings (SSSR count). The Hall–Kier alpha value is -3.53. The van der Waals surface area contributed by atoms with Crippen molar-refractivity contribution in [2.45, 2.75) is 139 Å². The topological polar surface area (TPSA) is 246 Å². The third kappa shape index (κ3) is 40.2. The maximum atomic E-state index is 8.81. The van der Waals surface area contributed by atoms with Crippen LogP contribution >= 0.6 is 75.5 Å². The van der Waals surface area contributed by atoms with E-state index in [0.29, 0.717) is 0 Å². The van der Waals surface area contributed by atoms with Crippen LogP contribution in [0.3, 0.4) is 0 Å². The number of carbonyl (C=O) groups excluding carboxylic acids is 1. The molecule has 0 radical (unpaired) electrons. The van der Waals surface area contributed by atoms with Crippen LogP contribution in [-0.4, -0.2) is 109 Å². The Balaban J connectivity index is -0.0000000562.